The molecule has 1 aliphatic heterocycles. The van der Waals surface area contributed by atoms with Crippen LogP contribution in [-0.4, -0.2) is 37.4 Å². The summed E-state index contributed by atoms with van der Waals surface area (Å²) in [4.78, 5) is 11.5. The highest BCUT2D eigenvalue weighted by Gasteiger charge is 2.23. The van der Waals surface area contributed by atoms with Crippen LogP contribution >= 0.6 is 0 Å². The molecule has 86 valence electrons. The van der Waals surface area contributed by atoms with Gasteiger partial charge in [0.05, 0.1) is 25.4 Å². The van der Waals surface area contributed by atoms with E-state index in [1.54, 1.807) is 18.2 Å². The Bertz CT molecular complexity index is 405. The first-order chi connectivity index (χ1) is 7.76. The predicted molar refractivity (Wildman–Crippen MR) is 57.8 cm³/mol. The number of nitrogens with one attached hydrogen (secondary N) is 1. The Morgan fingerprint density at radius 1 is 1.69 bits per heavy atom. The lowest BCUT2D eigenvalue weighted by Crippen LogP contribution is -2.35. The molecule has 0 aliphatic carbocycles. The molecule has 1 atom stereocenters. The van der Waals surface area contributed by atoms with E-state index >= 15 is 0 Å². The highest BCUT2D eigenvalue weighted by atomic mass is 16.5. The van der Waals surface area contributed by atoms with Gasteiger partial charge in [-0.3, -0.25) is 0 Å². The summed E-state index contributed by atoms with van der Waals surface area (Å²) in [5.74, 6) is 0.0557. The fourth-order valence-corrected chi connectivity index (χ4v) is 1.62. The average Bonchev–Trinajstić information content (AvgIpc) is 2.36. The van der Waals surface area contributed by atoms with E-state index < -0.39 is 5.97 Å². The van der Waals surface area contributed by atoms with Gasteiger partial charge in [0, 0.05) is 0 Å². The van der Waals surface area contributed by atoms with E-state index in [2.05, 4.69) is 10.1 Å². The molecule has 16 heavy (non-hydrogen) atoms. The summed E-state index contributed by atoms with van der Waals surface area (Å²) < 4.78 is 10.1. The highest BCUT2D eigenvalue weighted by Crippen LogP contribution is 2.32. The lowest BCUT2D eigenvalue weighted by Gasteiger charge is -2.27. The number of anilines is 1. The molecule has 0 amide bonds. The summed E-state index contributed by atoms with van der Waals surface area (Å²) in [5, 5.41) is 12.1. The first-order valence-corrected chi connectivity index (χ1v) is 4.97. The Balaban J connectivity index is 2.35. The van der Waals surface area contributed by atoms with Gasteiger partial charge in [-0.1, -0.05) is 6.07 Å². The monoisotopic (exact) mass is 223 g/mol. The minimum atomic E-state index is -0.430. The number of aliphatic hydroxyl groups is 1. The molecular weight excluding hydrogens is 210 g/mol. The lowest BCUT2D eigenvalue weighted by atomic mass is 10.1. The summed E-state index contributed by atoms with van der Waals surface area (Å²) >= 11 is 0. The Morgan fingerprint density at radius 3 is 3.19 bits per heavy atom. The van der Waals surface area contributed by atoms with Crippen LogP contribution < -0.4 is 10.1 Å². The number of benzene rings is 1. The van der Waals surface area contributed by atoms with Crippen LogP contribution in [0.25, 0.3) is 0 Å². The molecule has 0 saturated carbocycles. The number of methoxy groups -OCH3 is 1. The molecule has 0 aromatic heterocycles. The van der Waals surface area contributed by atoms with Crippen molar-refractivity contribution in [2.75, 3.05) is 25.6 Å². The number of hydrogen-bond acceptors (Lipinski definition) is 5. The number of hydrogen-bond donors (Lipinski definition) is 2. The number of aliphatic hydroxyl groups excluding tert-OH is 1. The minimum absolute atomic E-state index is 0.0120. The summed E-state index contributed by atoms with van der Waals surface area (Å²) in [6.07, 6.45) is 0. The number of para-hydroxylation sites is 1. The van der Waals surface area contributed by atoms with E-state index in [0.717, 1.165) is 0 Å². The quantitative estimate of drug-likeness (QED) is 0.720. The molecule has 1 aliphatic rings. The van der Waals surface area contributed by atoms with Gasteiger partial charge in [-0.25, -0.2) is 4.79 Å². The van der Waals surface area contributed by atoms with Gasteiger partial charge in [0.15, 0.2) is 5.75 Å². The molecule has 2 N–H and O–H groups in total. The molecule has 0 fully saturated rings. The van der Waals surface area contributed by atoms with Crippen molar-refractivity contribution in [2.24, 2.45) is 0 Å². The lowest BCUT2D eigenvalue weighted by molar-refractivity contribution is 0.0595. The topological polar surface area (TPSA) is 67.8 Å². The van der Waals surface area contributed by atoms with Gasteiger partial charge in [-0.05, 0) is 12.1 Å². The molecule has 1 unspecified atom stereocenters. The van der Waals surface area contributed by atoms with Gasteiger partial charge in [0.2, 0.25) is 0 Å². The normalized spacial score (nSPS) is 18.0. The number of fused-ring (bicyclic) bond motifs is 1. The van der Waals surface area contributed by atoms with Crippen molar-refractivity contribution in [1.82, 2.24) is 0 Å². The maximum atomic E-state index is 11.5. The van der Waals surface area contributed by atoms with Crippen molar-refractivity contribution in [3.05, 3.63) is 23.8 Å². The van der Waals surface area contributed by atoms with Gasteiger partial charge in [-0.2, -0.15) is 0 Å². The highest BCUT2D eigenvalue weighted by molar-refractivity contribution is 5.95. The fourth-order valence-electron chi connectivity index (χ4n) is 1.62. The van der Waals surface area contributed by atoms with Crippen LogP contribution in [0.4, 0.5) is 5.69 Å². The second-order valence-electron chi connectivity index (χ2n) is 3.51. The van der Waals surface area contributed by atoms with Gasteiger partial charge in [0.1, 0.15) is 12.2 Å². The second kappa shape index (κ2) is 4.40. The van der Waals surface area contributed by atoms with Gasteiger partial charge in [-0.15, -0.1) is 0 Å². The molecule has 0 saturated heterocycles. The molecular formula is C11H13NO4. The van der Waals surface area contributed by atoms with Crippen LogP contribution in [0.1, 0.15) is 10.4 Å². The van der Waals surface area contributed by atoms with E-state index in [0.29, 0.717) is 23.6 Å². The molecule has 2 rings (SSSR count). The summed E-state index contributed by atoms with van der Waals surface area (Å²) in [5.41, 5.74) is 1.09. The van der Waals surface area contributed by atoms with Crippen molar-refractivity contribution in [3.8, 4) is 5.75 Å². The largest absolute Gasteiger partial charge is 0.488 e. The van der Waals surface area contributed by atoms with Crippen molar-refractivity contribution in [3.63, 3.8) is 0 Å². The van der Waals surface area contributed by atoms with E-state index in [1.807, 2.05) is 0 Å². The van der Waals surface area contributed by atoms with Gasteiger partial charge in [0.25, 0.3) is 0 Å². The van der Waals surface area contributed by atoms with Gasteiger partial charge >= 0.3 is 5.97 Å². The zero-order valence-electron chi connectivity index (χ0n) is 8.90. The molecule has 1 aromatic rings. The maximum Gasteiger partial charge on any atom is 0.341 e. The summed E-state index contributed by atoms with van der Waals surface area (Å²) in [7, 11) is 1.33. The third-order valence-electron chi connectivity index (χ3n) is 2.43. The number of esters is 1. The standard InChI is InChI=1S/C11H13NO4/c1-15-11(14)8-3-2-4-9-10(8)16-6-7(5-13)12-9/h2-4,7,12-13H,5-6H2,1H3. The van der Waals surface area contributed by atoms with E-state index in [4.69, 9.17) is 9.84 Å². The number of carbonyl (C=O) groups excluding carboxylic acids is 1. The number of carbonyl (C=O) groups is 1. The summed E-state index contributed by atoms with van der Waals surface area (Å²) in [6, 6.07) is 5.04. The van der Waals surface area contributed by atoms with Crippen LogP contribution in [0.3, 0.4) is 0 Å². The Hall–Kier alpha value is -1.75. The Kier molecular flexibility index (Phi) is 2.96. The molecule has 1 aromatic carbocycles. The minimum Gasteiger partial charge on any atom is -0.488 e. The first-order valence-electron chi connectivity index (χ1n) is 4.97. The van der Waals surface area contributed by atoms with Crippen molar-refractivity contribution >= 4 is 11.7 Å². The molecule has 5 nitrogen and oxygen atoms in total. The van der Waals surface area contributed by atoms with Crippen LogP contribution in [0.5, 0.6) is 5.75 Å². The smallest absolute Gasteiger partial charge is 0.341 e. The molecule has 0 spiro atoms. The Morgan fingerprint density at radius 2 is 2.50 bits per heavy atom. The van der Waals surface area contributed by atoms with Crippen LogP contribution in [0.15, 0.2) is 18.2 Å². The molecule has 1 heterocycles. The first kappa shape index (κ1) is 10.8. The molecule has 0 radical (unpaired) electrons. The van der Waals surface area contributed by atoms with E-state index in [9.17, 15) is 4.79 Å². The van der Waals surface area contributed by atoms with Crippen molar-refractivity contribution < 1.29 is 19.4 Å². The predicted octanol–water partition coefficient (Wildman–Crippen LogP) is 0.638. The Labute approximate surface area is 93.0 Å². The zero-order chi connectivity index (χ0) is 11.5. The third kappa shape index (κ3) is 1.81. The second-order valence-corrected chi connectivity index (χ2v) is 3.51. The fraction of sp³-hybridized carbons (Fsp3) is 0.364. The van der Waals surface area contributed by atoms with Gasteiger partial charge < -0.3 is 19.9 Å². The molecule has 0 bridgehead atoms. The number of ether oxygens (including phenoxy) is 2. The van der Waals surface area contributed by atoms with Crippen LogP contribution in [-0.2, 0) is 4.74 Å². The zero-order valence-corrected chi connectivity index (χ0v) is 8.90. The van der Waals surface area contributed by atoms with E-state index in [-0.39, 0.29) is 12.6 Å². The van der Waals surface area contributed by atoms with Crippen molar-refractivity contribution in [1.29, 1.82) is 0 Å². The summed E-state index contributed by atoms with van der Waals surface area (Å²) in [6.45, 7) is 0.319. The SMILES string of the molecule is COC(=O)c1cccc2c1OCC(CO)N2. The van der Waals surface area contributed by atoms with Crippen LogP contribution in [0, 0.1) is 0 Å². The van der Waals surface area contributed by atoms with Crippen LogP contribution in [0.2, 0.25) is 0 Å². The number of rotatable bonds is 2. The molecule has 5 heteroatoms. The average molecular weight is 223 g/mol. The third-order valence-corrected chi connectivity index (χ3v) is 2.43. The van der Waals surface area contributed by atoms with Crippen molar-refractivity contribution in [2.45, 2.75) is 6.04 Å². The maximum absolute atomic E-state index is 11.5. The van der Waals surface area contributed by atoms with E-state index in [1.165, 1.54) is 7.11 Å².